The SMILES string of the molecule is CCCCCC(C)COc1ccc(-c2ccc(C#N)cc2)cc1. The summed E-state index contributed by atoms with van der Waals surface area (Å²) in [7, 11) is 0. The molecule has 0 aliphatic carbocycles. The Bertz CT molecular complexity index is 622. The lowest BCUT2D eigenvalue weighted by Crippen LogP contribution is -2.08. The molecule has 0 saturated heterocycles. The minimum atomic E-state index is 0.597. The maximum Gasteiger partial charge on any atom is 0.119 e. The lowest BCUT2D eigenvalue weighted by Gasteiger charge is -2.13. The van der Waals surface area contributed by atoms with E-state index in [2.05, 4.69) is 32.0 Å². The van der Waals surface area contributed by atoms with Crippen LogP contribution in [-0.2, 0) is 0 Å². The zero-order chi connectivity index (χ0) is 16.5. The van der Waals surface area contributed by atoms with Crippen LogP contribution in [0.25, 0.3) is 11.1 Å². The summed E-state index contributed by atoms with van der Waals surface area (Å²) in [5, 5.41) is 8.84. The predicted octanol–water partition coefficient (Wildman–Crippen LogP) is 5.82. The highest BCUT2D eigenvalue weighted by atomic mass is 16.5. The first-order valence-corrected chi connectivity index (χ1v) is 8.46. The zero-order valence-corrected chi connectivity index (χ0v) is 14.1. The zero-order valence-electron chi connectivity index (χ0n) is 14.1. The van der Waals surface area contributed by atoms with Crippen molar-refractivity contribution in [3.8, 4) is 22.9 Å². The van der Waals surface area contributed by atoms with Crippen LogP contribution in [0.15, 0.2) is 48.5 Å². The minimum Gasteiger partial charge on any atom is -0.493 e. The lowest BCUT2D eigenvalue weighted by molar-refractivity contribution is 0.249. The quantitative estimate of drug-likeness (QED) is 0.576. The molecule has 2 rings (SSSR count). The summed E-state index contributed by atoms with van der Waals surface area (Å²) in [5.41, 5.74) is 2.94. The van der Waals surface area contributed by atoms with Crippen molar-refractivity contribution in [2.75, 3.05) is 6.61 Å². The van der Waals surface area contributed by atoms with Gasteiger partial charge >= 0.3 is 0 Å². The van der Waals surface area contributed by atoms with Gasteiger partial charge in [0.2, 0.25) is 0 Å². The monoisotopic (exact) mass is 307 g/mol. The normalized spacial score (nSPS) is 11.7. The van der Waals surface area contributed by atoms with Gasteiger partial charge in [0.15, 0.2) is 0 Å². The standard InChI is InChI=1S/C21H25NO/c1-3-4-5-6-17(2)16-23-21-13-11-20(12-14-21)19-9-7-18(15-22)8-10-19/h7-14,17H,3-6,16H2,1-2H3. The fraction of sp³-hybridized carbons (Fsp3) is 0.381. The van der Waals surface area contributed by atoms with E-state index < -0.39 is 0 Å². The molecule has 2 aromatic carbocycles. The van der Waals surface area contributed by atoms with Crippen molar-refractivity contribution in [3.63, 3.8) is 0 Å². The van der Waals surface area contributed by atoms with Crippen LogP contribution in [-0.4, -0.2) is 6.61 Å². The van der Waals surface area contributed by atoms with Gasteiger partial charge in [-0.2, -0.15) is 5.26 Å². The second-order valence-electron chi connectivity index (χ2n) is 6.13. The van der Waals surface area contributed by atoms with Gasteiger partial charge in [-0.25, -0.2) is 0 Å². The number of ether oxygens (including phenoxy) is 1. The summed E-state index contributed by atoms with van der Waals surface area (Å²) < 4.78 is 5.88. The summed E-state index contributed by atoms with van der Waals surface area (Å²) in [4.78, 5) is 0. The van der Waals surface area contributed by atoms with E-state index in [-0.39, 0.29) is 0 Å². The minimum absolute atomic E-state index is 0.597. The van der Waals surface area contributed by atoms with E-state index in [0.29, 0.717) is 11.5 Å². The van der Waals surface area contributed by atoms with Gasteiger partial charge in [0.25, 0.3) is 0 Å². The van der Waals surface area contributed by atoms with Crippen molar-refractivity contribution in [3.05, 3.63) is 54.1 Å². The van der Waals surface area contributed by atoms with Gasteiger partial charge in [-0.05, 0) is 47.7 Å². The van der Waals surface area contributed by atoms with Gasteiger partial charge in [0, 0.05) is 0 Å². The Balaban J connectivity index is 1.88. The van der Waals surface area contributed by atoms with Crippen LogP contribution in [0, 0.1) is 17.2 Å². The number of hydrogen-bond donors (Lipinski definition) is 0. The Kier molecular flexibility index (Phi) is 6.69. The van der Waals surface area contributed by atoms with Crippen LogP contribution in [0.1, 0.15) is 45.1 Å². The lowest BCUT2D eigenvalue weighted by atomic mass is 10.0. The number of hydrogen-bond acceptors (Lipinski definition) is 2. The van der Waals surface area contributed by atoms with E-state index in [1.165, 1.54) is 25.7 Å². The first kappa shape index (κ1) is 17.1. The number of rotatable bonds is 8. The number of unbranched alkanes of at least 4 members (excludes halogenated alkanes) is 2. The molecule has 1 atom stereocenters. The Labute approximate surface area is 139 Å². The fourth-order valence-electron chi connectivity index (χ4n) is 2.55. The summed E-state index contributed by atoms with van der Waals surface area (Å²) in [6, 6.07) is 18.0. The van der Waals surface area contributed by atoms with Gasteiger partial charge in [-0.3, -0.25) is 0 Å². The maximum absolute atomic E-state index is 8.84. The third-order valence-corrected chi connectivity index (χ3v) is 4.04. The first-order valence-electron chi connectivity index (χ1n) is 8.46. The summed E-state index contributed by atoms with van der Waals surface area (Å²) in [6.45, 7) is 5.26. The van der Waals surface area contributed by atoms with E-state index in [0.717, 1.165) is 23.5 Å². The van der Waals surface area contributed by atoms with E-state index in [1.807, 2.05) is 36.4 Å². The Morgan fingerprint density at radius 1 is 0.957 bits per heavy atom. The third-order valence-electron chi connectivity index (χ3n) is 4.04. The Morgan fingerprint density at radius 3 is 2.13 bits per heavy atom. The molecule has 2 nitrogen and oxygen atoms in total. The van der Waals surface area contributed by atoms with Crippen LogP contribution < -0.4 is 4.74 Å². The summed E-state index contributed by atoms with van der Waals surface area (Å²) >= 11 is 0. The van der Waals surface area contributed by atoms with Gasteiger partial charge < -0.3 is 4.74 Å². The van der Waals surface area contributed by atoms with Crippen molar-refractivity contribution < 1.29 is 4.74 Å². The molecule has 1 unspecified atom stereocenters. The fourth-order valence-corrected chi connectivity index (χ4v) is 2.55. The molecule has 0 radical (unpaired) electrons. The van der Waals surface area contributed by atoms with Gasteiger partial charge in [-0.15, -0.1) is 0 Å². The molecule has 0 fully saturated rings. The van der Waals surface area contributed by atoms with Gasteiger partial charge in [-0.1, -0.05) is 57.4 Å². The smallest absolute Gasteiger partial charge is 0.119 e. The summed E-state index contributed by atoms with van der Waals surface area (Å²) in [6.07, 6.45) is 5.10. The molecule has 0 spiro atoms. The molecule has 2 heteroatoms. The molecule has 0 bridgehead atoms. The van der Waals surface area contributed by atoms with E-state index in [1.54, 1.807) is 0 Å². The van der Waals surface area contributed by atoms with Crippen molar-refractivity contribution in [1.82, 2.24) is 0 Å². The molecule has 23 heavy (non-hydrogen) atoms. The largest absolute Gasteiger partial charge is 0.493 e. The molecule has 2 aromatic rings. The molecule has 0 aliphatic heterocycles. The van der Waals surface area contributed by atoms with Crippen LogP contribution in [0.5, 0.6) is 5.75 Å². The van der Waals surface area contributed by atoms with E-state index >= 15 is 0 Å². The van der Waals surface area contributed by atoms with Crippen LogP contribution in [0.2, 0.25) is 0 Å². The number of nitriles is 1. The topological polar surface area (TPSA) is 33.0 Å². The number of benzene rings is 2. The highest BCUT2D eigenvalue weighted by Crippen LogP contribution is 2.23. The van der Waals surface area contributed by atoms with Crippen molar-refractivity contribution in [1.29, 1.82) is 5.26 Å². The average Bonchev–Trinajstić information content (AvgIpc) is 2.61. The van der Waals surface area contributed by atoms with Crippen molar-refractivity contribution in [2.45, 2.75) is 39.5 Å². The highest BCUT2D eigenvalue weighted by molar-refractivity contribution is 5.64. The van der Waals surface area contributed by atoms with E-state index in [9.17, 15) is 0 Å². The van der Waals surface area contributed by atoms with Gasteiger partial charge in [0.1, 0.15) is 5.75 Å². The Hall–Kier alpha value is -2.27. The van der Waals surface area contributed by atoms with Gasteiger partial charge in [0.05, 0.1) is 18.2 Å². The molecular formula is C21H25NO. The molecular weight excluding hydrogens is 282 g/mol. The molecule has 0 amide bonds. The van der Waals surface area contributed by atoms with Crippen LogP contribution >= 0.6 is 0 Å². The molecule has 0 heterocycles. The molecule has 0 aromatic heterocycles. The second kappa shape index (κ2) is 9.00. The van der Waals surface area contributed by atoms with Crippen molar-refractivity contribution >= 4 is 0 Å². The average molecular weight is 307 g/mol. The highest BCUT2D eigenvalue weighted by Gasteiger charge is 2.04. The molecule has 0 N–H and O–H groups in total. The third kappa shape index (κ3) is 5.45. The van der Waals surface area contributed by atoms with E-state index in [4.69, 9.17) is 10.00 Å². The number of nitrogens with zero attached hydrogens (tertiary/aromatic N) is 1. The van der Waals surface area contributed by atoms with Crippen molar-refractivity contribution in [2.24, 2.45) is 5.92 Å². The molecule has 120 valence electrons. The van der Waals surface area contributed by atoms with Crippen LogP contribution in [0.4, 0.5) is 0 Å². The van der Waals surface area contributed by atoms with Crippen LogP contribution in [0.3, 0.4) is 0 Å². The predicted molar refractivity (Wildman–Crippen MR) is 95.4 cm³/mol. The first-order chi connectivity index (χ1) is 11.2. The summed E-state index contributed by atoms with van der Waals surface area (Å²) in [5.74, 6) is 1.52. The molecule has 0 aliphatic rings. The Morgan fingerprint density at radius 2 is 1.57 bits per heavy atom. The maximum atomic E-state index is 8.84. The molecule has 0 saturated carbocycles. The second-order valence-corrected chi connectivity index (χ2v) is 6.13.